The standard InChI is InChI=1S/C12H20N2O3S2.ClH/c1-10-9-12(11(2)18-10)19(15,16)13-3-4-14-5-7-17-8-6-14;/h9,13H,3-8H2,1-2H3;1H/p-1. The first-order valence-electron chi connectivity index (χ1n) is 6.36. The van der Waals surface area contributed by atoms with Crippen molar-refractivity contribution in [2.75, 3.05) is 39.4 Å². The smallest absolute Gasteiger partial charge is 0.241 e. The van der Waals surface area contributed by atoms with Crippen molar-refractivity contribution >= 4 is 21.4 Å². The molecule has 20 heavy (non-hydrogen) atoms. The molecule has 1 aliphatic heterocycles. The molecule has 0 aromatic carbocycles. The molecule has 1 fully saturated rings. The summed E-state index contributed by atoms with van der Waals surface area (Å²) < 4.78 is 32.2. The van der Waals surface area contributed by atoms with Crippen molar-refractivity contribution in [2.24, 2.45) is 0 Å². The van der Waals surface area contributed by atoms with Crippen molar-refractivity contribution in [1.29, 1.82) is 0 Å². The number of morpholine rings is 1. The number of halogens is 1. The van der Waals surface area contributed by atoms with Crippen molar-refractivity contribution in [1.82, 2.24) is 9.62 Å². The molecule has 1 aliphatic rings. The summed E-state index contributed by atoms with van der Waals surface area (Å²) in [5.41, 5.74) is 0. The van der Waals surface area contributed by atoms with E-state index in [0.29, 0.717) is 11.4 Å². The van der Waals surface area contributed by atoms with Crippen LogP contribution in [-0.4, -0.2) is 52.7 Å². The number of nitrogens with zero attached hydrogens (tertiary/aromatic N) is 1. The normalized spacial score (nSPS) is 16.9. The zero-order valence-corrected chi connectivity index (χ0v) is 14.1. The molecular weight excluding hydrogens is 320 g/mol. The van der Waals surface area contributed by atoms with E-state index in [9.17, 15) is 8.42 Å². The molecule has 0 atom stereocenters. The number of sulfonamides is 1. The largest absolute Gasteiger partial charge is 1.00 e. The van der Waals surface area contributed by atoms with Gasteiger partial charge in [0.25, 0.3) is 0 Å². The van der Waals surface area contributed by atoms with Crippen molar-refractivity contribution in [3.05, 3.63) is 15.8 Å². The van der Waals surface area contributed by atoms with E-state index in [0.717, 1.165) is 42.6 Å². The Morgan fingerprint density at radius 2 is 2.00 bits per heavy atom. The van der Waals surface area contributed by atoms with E-state index in [2.05, 4.69) is 9.62 Å². The highest BCUT2D eigenvalue weighted by molar-refractivity contribution is 7.89. The Kier molecular flexibility index (Phi) is 6.90. The van der Waals surface area contributed by atoms with Gasteiger partial charge in [0.05, 0.1) is 18.1 Å². The number of hydrogen-bond donors (Lipinski definition) is 1. The Hall–Kier alpha value is -0.180. The van der Waals surface area contributed by atoms with Gasteiger partial charge < -0.3 is 17.1 Å². The van der Waals surface area contributed by atoms with Gasteiger partial charge in [-0.05, 0) is 19.9 Å². The summed E-state index contributed by atoms with van der Waals surface area (Å²) in [5, 5.41) is 0. The molecular formula is C12H20ClN2O3S2-. The molecule has 1 aromatic rings. The molecule has 0 spiro atoms. The van der Waals surface area contributed by atoms with Crippen LogP contribution in [0.3, 0.4) is 0 Å². The first-order valence-corrected chi connectivity index (χ1v) is 8.66. The molecule has 1 N–H and O–H groups in total. The second kappa shape index (κ2) is 7.72. The fourth-order valence-corrected chi connectivity index (χ4v) is 4.69. The molecule has 2 rings (SSSR count). The Morgan fingerprint density at radius 1 is 1.35 bits per heavy atom. The lowest BCUT2D eigenvalue weighted by Crippen LogP contribution is -3.00. The summed E-state index contributed by atoms with van der Waals surface area (Å²) >= 11 is 1.51. The van der Waals surface area contributed by atoms with Gasteiger partial charge in [0, 0.05) is 35.9 Å². The average Bonchev–Trinajstić information content (AvgIpc) is 2.70. The number of rotatable bonds is 5. The van der Waals surface area contributed by atoms with Gasteiger partial charge in [0.15, 0.2) is 0 Å². The van der Waals surface area contributed by atoms with Crippen LogP contribution in [0.25, 0.3) is 0 Å². The average molecular weight is 340 g/mol. The summed E-state index contributed by atoms with van der Waals surface area (Å²) in [5.74, 6) is 0. The maximum Gasteiger partial charge on any atom is 0.241 e. The summed E-state index contributed by atoms with van der Waals surface area (Å²) in [4.78, 5) is 4.48. The molecule has 0 aliphatic carbocycles. The second-order valence-electron chi connectivity index (χ2n) is 4.63. The van der Waals surface area contributed by atoms with Gasteiger partial charge in [-0.3, -0.25) is 4.90 Å². The van der Waals surface area contributed by atoms with Gasteiger partial charge in [0.2, 0.25) is 10.0 Å². The number of aryl methyl sites for hydroxylation is 2. The summed E-state index contributed by atoms with van der Waals surface area (Å²) in [6.07, 6.45) is 0. The Bertz CT molecular complexity index is 525. The highest BCUT2D eigenvalue weighted by atomic mass is 35.5. The summed E-state index contributed by atoms with van der Waals surface area (Å²) in [6, 6.07) is 1.73. The van der Waals surface area contributed by atoms with Crippen LogP contribution in [0.2, 0.25) is 0 Å². The van der Waals surface area contributed by atoms with Crippen LogP contribution in [0.4, 0.5) is 0 Å². The molecule has 0 bridgehead atoms. The highest BCUT2D eigenvalue weighted by Crippen LogP contribution is 2.24. The Morgan fingerprint density at radius 3 is 2.55 bits per heavy atom. The van der Waals surface area contributed by atoms with Gasteiger partial charge in [-0.2, -0.15) is 0 Å². The fraction of sp³-hybridized carbons (Fsp3) is 0.667. The zero-order valence-electron chi connectivity index (χ0n) is 11.7. The number of thiophene rings is 1. The van der Waals surface area contributed by atoms with E-state index in [-0.39, 0.29) is 12.4 Å². The molecule has 0 amide bonds. The highest BCUT2D eigenvalue weighted by Gasteiger charge is 2.19. The molecule has 1 saturated heterocycles. The predicted octanol–water partition coefficient (Wildman–Crippen LogP) is -2.02. The molecule has 0 unspecified atom stereocenters. The van der Waals surface area contributed by atoms with E-state index in [1.807, 2.05) is 13.8 Å². The minimum Gasteiger partial charge on any atom is -1.00 e. The van der Waals surface area contributed by atoms with Crippen molar-refractivity contribution in [3.63, 3.8) is 0 Å². The Balaban J connectivity index is 0.00000200. The first-order chi connectivity index (χ1) is 8.99. The Labute approximate surface area is 130 Å². The fourth-order valence-electron chi connectivity index (χ4n) is 2.11. The minimum absolute atomic E-state index is 0. The predicted molar refractivity (Wildman–Crippen MR) is 76.2 cm³/mol. The lowest BCUT2D eigenvalue weighted by atomic mass is 10.4. The van der Waals surface area contributed by atoms with Crippen molar-refractivity contribution < 1.29 is 25.6 Å². The van der Waals surface area contributed by atoms with Crippen LogP contribution in [0.5, 0.6) is 0 Å². The van der Waals surface area contributed by atoms with Crippen LogP contribution >= 0.6 is 11.3 Å². The topological polar surface area (TPSA) is 58.6 Å². The maximum atomic E-state index is 12.2. The van der Waals surface area contributed by atoms with Crippen LogP contribution in [0.15, 0.2) is 11.0 Å². The van der Waals surface area contributed by atoms with Gasteiger partial charge in [0.1, 0.15) is 0 Å². The van der Waals surface area contributed by atoms with Crippen LogP contribution in [0.1, 0.15) is 9.75 Å². The zero-order chi connectivity index (χ0) is 13.9. The molecule has 0 radical (unpaired) electrons. The molecule has 5 nitrogen and oxygen atoms in total. The monoisotopic (exact) mass is 339 g/mol. The van der Waals surface area contributed by atoms with Gasteiger partial charge >= 0.3 is 0 Å². The van der Waals surface area contributed by atoms with E-state index >= 15 is 0 Å². The van der Waals surface area contributed by atoms with Crippen LogP contribution in [0, 0.1) is 13.8 Å². The molecule has 116 valence electrons. The number of hydrogen-bond acceptors (Lipinski definition) is 5. The lowest BCUT2D eigenvalue weighted by Gasteiger charge is -2.26. The van der Waals surface area contributed by atoms with Gasteiger partial charge in [-0.25, -0.2) is 13.1 Å². The second-order valence-corrected chi connectivity index (χ2v) is 7.83. The van der Waals surface area contributed by atoms with Crippen molar-refractivity contribution in [3.8, 4) is 0 Å². The van der Waals surface area contributed by atoms with E-state index in [1.54, 1.807) is 6.07 Å². The third-order valence-corrected chi connectivity index (χ3v) is 5.79. The molecule has 8 heteroatoms. The number of nitrogens with one attached hydrogen (secondary N) is 1. The quantitative estimate of drug-likeness (QED) is 0.673. The van der Waals surface area contributed by atoms with Gasteiger partial charge in [-0.15, -0.1) is 11.3 Å². The maximum absolute atomic E-state index is 12.2. The summed E-state index contributed by atoms with van der Waals surface area (Å²) in [6.45, 7) is 8.14. The third-order valence-electron chi connectivity index (χ3n) is 3.11. The molecule has 2 heterocycles. The number of ether oxygens (including phenoxy) is 1. The lowest BCUT2D eigenvalue weighted by molar-refractivity contribution is -0.00000834. The molecule has 0 saturated carbocycles. The summed E-state index contributed by atoms with van der Waals surface area (Å²) in [7, 11) is -3.37. The molecule has 1 aromatic heterocycles. The van der Waals surface area contributed by atoms with E-state index < -0.39 is 10.0 Å². The van der Waals surface area contributed by atoms with E-state index in [1.165, 1.54) is 11.3 Å². The SMILES string of the molecule is Cc1cc(S(=O)(=O)NCCN2CCOCC2)c(C)s1.[Cl-]. The first kappa shape index (κ1) is 17.9. The van der Waals surface area contributed by atoms with Gasteiger partial charge in [-0.1, -0.05) is 0 Å². The van der Waals surface area contributed by atoms with Crippen LogP contribution in [-0.2, 0) is 14.8 Å². The van der Waals surface area contributed by atoms with Crippen molar-refractivity contribution in [2.45, 2.75) is 18.7 Å². The van der Waals surface area contributed by atoms with E-state index in [4.69, 9.17) is 4.74 Å². The third kappa shape index (κ3) is 4.68. The van der Waals surface area contributed by atoms with Crippen LogP contribution < -0.4 is 17.1 Å². The minimum atomic E-state index is -3.37.